The maximum absolute atomic E-state index is 12.7. The Morgan fingerprint density at radius 3 is 2.72 bits per heavy atom. The molecule has 0 saturated carbocycles. The predicted octanol–water partition coefficient (Wildman–Crippen LogP) is 3.11. The van der Waals surface area contributed by atoms with Crippen molar-refractivity contribution in [1.29, 1.82) is 0 Å². The highest BCUT2D eigenvalue weighted by Gasteiger charge is 2.33. The zero-order valence-electron chi connectivity index (χ0n) is 15.6. The Morgan fingerprint density at radius 2 is 2.00 bits per heavy atom. The van der Waals surface area contributed by atoms with E-state index in [0.717, 1.165) is 43.0 Å². The van der Waals surface area contributed by atoms with Gasteiger partial charge < -0.3 is 4.90 Å². The Bertz CT molecular complexity index is 746. The van der Waals surface area contributed by atoms with Crippen LogP contribution in [0.25, 0.3) is 11.4 Å². The van der Waals surface area contributed by atoms with Gasteiger partial charge in [-0.25, -0.2) is 0 Å². The summed E-state index contributed by atoms with van der Waals surface area (Å²) in [6.07, 6.45) is 7.30. The Kier molecular flexibility index (Phi) is 4.88. The topological polar surface area (TPSA) is 63.9 Å². The molecule has 1 atom stereocenters. The van der Waals surface area contributed by atoms with Crippen LogP contribution in [-0.4, -0.2) is 43.6 Å². The molecule has 1 saturated heterocycles. The average molecular weight is 341 g/mol. The summed E-state index contributed by atoms with van der Waals surface area (Å²) in [5.74, 6) is 0.421. The molecular formula is C19H27N5O. The molecule has 1 fully saturated rings. The van der Waals surface area contributed by atoms with Crippen molar-refractivity contribution in [2.24, 2.45) is 5.41 Å². The fraction of sp³-hybridized carbons (Fsp3) is 0.579. The average Bonchev–Trinajstić information content (AvgIpc) is 3.09. The largest absolute Gasteiger partial charge is 0.342 e. The van der Waals surface area contributed by atoms with E-state index in [9.17, 15) is 4.79 Å². The molecule has 3 rings (SSSR count). The van der Waals surface area contributed by atoms with Crippen molar-refractivity contribution in [3.8, 4) is 11.4 Å². The van der Waals surface area contributed by atoms with E-state index in [2.05, 4.69) is 22.0 Å². The SMILES string of the molecule is CCn1nccc1-c1nccnc1[C@H]1CCCN(C(=O)C(C)(C)C)C1. The number of hydrogen-bond acceptors (Lipinski definition) is 4. The molecule has 6 nitrogen and oxygen atoms in total. The predicted molar refractivity (Wildman–Crippen MR) is 96.9 cm³/mol. The van der Waals surface area contributed by atoms with Crippen LogP contribution in [0.2, 0.25) is 0 Å². The van der Waals surface area contributed by atoms with Crippen molar-refractivity contribution in [1.82, 2.24) is 24.6 Å². The molecule has 1 amide bonds. The maximum Gasteiger partial charge on any atom is 0.227 e. The Morgan fingerprint density at radius 1 is 1.24 bits per heavy atom. The number of amides is 1. The summed E-state index contributed by atoms with van der Waals surface area (Å²) in [7, 11) is 0. The minimum atomic E-state index is -0.353. The number of nitrogens with zero attached hydrogens (tertiary/aromatic N) is 5. The van der Waals surface area contributed by atoms with E-state index in [1.54, 1.807) is 18.6 Å². The number of piperidine rings is 1. The van der Waals surface area contributed by atoms with Crippen molar-refractivity contribution in [3.63, 3.8) is 0 Å². The zero-order chi connectivity index (χ0) is 18.0. The molecule has 0 bridgehead atoms. The quantitative estimate of drug-likeness (QED) is 0.860. The highest BCUT2D eigenvalue weighted by atomic mass is 16.2. The molecule has 1 aliphatic heterocycles. The first-order chi connectivity index (χ1) is 11.9. The van der Waals surface area contributed by atoms with Crippen LogP contribution < -0.4 is 0 Å². The van der Waals surface area contributed by atoms with E-state index in [-0.39, 0.29) is 17.2 Å². The second-order valence-electron chi connectivity index (χ2n) is 7.66. The van der Waals surface area contributed by atoms with Gasteiger partial charge in [0.2, 0.25) is 5.91 Å². The van der Waals surface area contributed by atoms with Crippen LogP contribution in [0.1, 0.15) is 52.1 Å². The summed E-state index contributed by atoms with van der Waals surface area (Å²) in [4.78, 5) is 23.9. The first kappa shape index (κ1) is 17.6. The fourth-order valence-electron chi connectivity index (χ4n) is 3.49. The van der Waals surface area contributed by atoms with Crippen molar-refractivity contribution < 1.29 is 4.79 Å². The lowest BCUT2D eigenvalue weighted by Gasteiger charge is -2.36. The number of aromatic nitrogens is 4. The molecule has 6 heteroatoms. The number of aryl methyl sites for hydroxylation is 1. The highest BCUT2D eigenvalue weighted by molar-refractivity contribution is 5.81. The van der Waals surface area contributed by atoms with Crippen molar-refractivity contribution in [2.45, 2.75) is 53.0 Å². The molecule has 0 aliphatic carbocycles. The van der Waals surface area contributed by atoms with Crippen LogP contribution in [-0.2, 0) is 11.3 Å². The van der Waals surface area contributed by atoms with E-state index in [1.807, 2.05) is 36.4 Å². The lowest BCUT2D eigenvalue weighted by atomic mass is 9.89. The minimum Gasteiger partial charge on any atom is -0.342 e. The molecule has 25 heavy (non-hydrogen) atoms. The van der Waals surface area contributed by atoms with Crippen molar-refractivity contribution in [2.75, 3.05) is 13.1 Å². The highest BCUT2D eigenvalue weighted by Crippen LogP contribution is 2.33. The van der Waals surface area contributed by atoms with Gasteiger partial charge in [-0.2, -0.15) is 5.10 Å². The first-order valence-electron chi connectivity index (χ1n) is 9.04. The lowest BCUT2D eigenvalue weighted by molar-refractivity contribution is -0.140. The Labute approximate surface area is 149 Å². The van der Waals surface area contributed by atoms with Crippen LogP contribution in [0.5, 0.6) is 0 Å². The molecule has 1 aliphatic rings. The van der Waals surface area contributed by atoms with Crippen LogP contribution in [0, 0.1) is 5.41 Å². The molecule has 2 aromatic rings. The Hall–Kier alpha value is -2.24. The summed E-state index contributed by atoms with van der Waals surface area (Å²) in [5.41, 5.74) is 2.50. The summed E-state index contributed by atoms with van der Waals surface area (Å²) < 4.78 is 1.94. The normalized spacial score (nSPS) is 18.4. The minimum absolute atomic E-state index is 0.209. The fourth-order valence-corrected chi connectivity index (χ4v) is 3.49. The van der Waals surface area contributed by atoms with E-state index in [4.69, 9.17) is 0 Å². The smallest absolute Gasteiger partial charge is 0.227 e. The van der Waals surface area contributed by atoms with Gasteiger partial charge in [0, 0.05) is 49.6 Å². The molecule has 0 radical (unpaired) electrons. The van der Waals surface area contributed by atoms with E-state index >= 15 is 0 Å². The van der Waals surface area contributed by atoms with Gasteiger partial charge in [-0.15, -0.1) is 0 Å². The molecule has 0 N–H and O–H groups in total. The van der Waals surface area contributed by atoms with E-state index in [0.29, 0.717) is 6.54 Å². The number of rotatable bonds is 3. The van der Waals surface area contributed by atoms with Crippen LogP contribution in [0.4, 0.5) is 0 Å². The number of carbonyl (C=O) groups excluding carboxylic acids is 1. The van der Waals surface area contributed by atoms with E-state index in [1.165, 1.54) is 0 Å². The molecular weight excluding hydrogens is 314 g/mol. The van der Waals surface area contributed by atoms with Gasteiger partial charge in [-0.3, -0.25) is 19.4 Å². The first-order valence-corrected chi connectivity index (χ1v) is 9.04. The van der Waals surface area contributed by atoms with Gasteiger partial charge in [0.15, 0.2) is 0 Å². The number of carbonyl (C=O) groups is 1. The van der Waals surface area contributed by atoms with Gasteiger partial charge >= 0.3 is 0 Å². The Balaban J connectivity index is 1.91. The third-order valence-electron chi connectivity index (χ3n) is 4.72. The van der Waals surface area contributed by atoms with Gasteiger partial charge in [-0.1, -0.05) is 20.8 Å². The summed E-state index contributed by atoms with van der Waals surface area (Å²) >= 11 is 0. The van der Waals surface area contributed by atoms with Crippen LogP contribution >= 0.6 is 0 Å². The molecule has 0 unspecified atom stereocenters. The van der Waals surface area contributed by atoms with Crippen molar-refractivity contribution in [3.05, 3.63) is 30.4 Å². The standard InChI is InChI=1S/C19H27N5O/c1-5-24-15(8-9-22-24)17-16(20-10-11-21-17)14-7-6-12-23(13-14)18(25)19(2,3)4/h8-11,14H,5-7,12-13H2,1-4H3/t14-/m0/s1. The second-order valence-corrected chi connectivity index (χ2v) is 7.66. The van der Waals surface area contributed by atoms with E-state index < -0.39 is 0 Å². The monoisotopic (exact) mass is 341 g/mol. The molecule has 3 heterocycles. The van der Waals surface area contributed by atoms with Crippen molar-refractivity contribution >= 4 is 5.91 Å². The van der Waals surface area contributed by atoms with Crippen LogP contribution in [0.15, 0.2) is 24.7 Å². The van der Waals surface area contributed by atoms with Gasteiger partial charge in [0.1, 0.15) is 5.69 Å². The maximum atomic E-state index is 12.7. The third-order valence-corrected chi connectivity index (χ3v) is 4.72. The second kappa shape index (κ2) is 6.94. The van der Waals surface area contributed by atoms with Gasteiger partial charge in [-0.05, 0) is 25.8 Å². The lowest BCUT2D eigenvalue weighted by Crippen LogP contribution is -2.44. The summed E-state index contributed by atoms with van der Waals surface area (Å²) in [6, 6.07) is 1.98. The number of hydrogen-bond donors (Lipinski definition) is 0. The molecule has 2 aromatic heterocycles. The summed E-state index contributed by atoms with van der Waals surface area (Å²) in [6.45, 7) is 10.3. The molecule has 134 valence electrons. The van der Waals surface area contributed by atoms with Crippen LogP contribution in [0.3, 0.4) is 0 Å². The molecule has 0 spiro atoms. The van der Waals surface area contributed by atoms with Gasteiger partial charge in [0.05, 0.1) is 11.4 Å². The zero-order valence-corrected chi connectivity index (χ0v) is 15.6. The molecule has 0 aromatic carbocycles. The number of likely N-dealkylation sites (tertiary alicyclic amines) is 1. The summed E-state index contributed by atoms with van der Waals surface area (Å²) in [5, 5.41) is 4.36. The van der Waals surface area contributed by atoms with Gasteiger partial charge in [0.25, 0.3) is 0 Å². The third kappa shape index (κ3) is 3.57.